The fourth-order valence-corrected chi connectivity index (χ4v) is 5.75. The van der Waals surface area contributed by atoms with Crippen LogP contribution < -0.4 is 9.44 Å². The van der Waals surface area contributed by atoms with Crippen molar-refractivity contribution < 1.29 is 21.6 Å². The van der Waals surface area contributed by atoms with Gasteiger partial charge in [0.15, 0.2) is 0 Å². The highest BCUT2D eigenvalue weighted by Gasteiger charge is 2.20. The molecule has 0 amide bonds. The Morgan fingerprint density at radius 3 is 2.17 bits per heavy atom. The van der Waals surface area contributed by atoms with E-state index in [4.69, 9.17) is 4.74 Å². The van der Waals surface area contributed by atoms with Gasteiger partial charge in [0.05, 0.1) is 16.4 Å². The zero-order chi connectivity index (χ0) is 21.1. The van der Waals surface area contributed by atoms with Crippen LogP contribution in [0.4, 0.5) is 5.69 Å². The van der Waals surface area contributed by atoms with E-state index in [1.54, 1.807) is 19.1 Å². The molecule has 2 N–H and O–H groups in total. The Kier molecular flexibility index (Phi) is 6.62. The molecule has 1 unspecified atom stereocenters. The van der Waals surface area contributed by atoms with Crippen molar-refractivity contribution in [2.45, 2.75) is 48.4 Å². The second-order valence-corrected chi connectivity index (χ2v) is 10.6. The van der Waals surface area contributed by atoms with E-state index in [1.165, 1.54) is 36.9 Å². The van der Waals surface area contributed by atoms with Gasteiger partial charge in [0.1, 0.15) is 0 Å². The smallest absolute Gasteiger partial charge is 0.261 e. The summed E-state index contributed by atoms with van der Waals surface area (Å²) >= 11 is 0. The zero-order valence-corrected chi connectivity index (χ0v) is 18.1. The van der Waals surface area contributed by atoms with Crippen LogP contribution in [0.2, 0.25) is 0 Å². The lowest BCUT2D eigenvalue weighted by Gasteiger charge is -2.17. The molecule has 0 bridgehead atoms. The van der Waals surface area contributed by atoms with Crippen LogP contribution in [0.15, 0.2) is 52.3 Å². The van der Waals surface area contributed by atoms with Crippen LogP contribution in [0.3, 0.4) is 0 Å². The summed E-state index contributed by atoms with van der Waals surface area (Å²) in [5.74, 6) is 0. The van der Waals surface area contributed by atoms with Gasteiger partial charge in [-0.05, 0) is 80.1 Å². The Morgan fingerprint density at radius 2 is 1.52 bits per heavy atom. The summed E-state index contributed by atoms with van der Waals surface area (Å²) in [5, 5.41) is 0. The van der Waals surface area contributed by atoms with Crippen LogP contribution in [0, 0.1) is 0 Å². The number of hydrogen-bond donors (Lipinski definition) is 2. The van der Waals surface area contributed by atoms with Gasteiger partial charge in [-0.15, -0.1) is 0 Å². The number of ether oxygens (including phenoxy) is 1. The Labute approximate surface area is 172 Å². The van der Waals surface area contributed by atoms with E-state index in [-0.39, 0.29) is 22.4 Å². The number of fused-ring (bicyclic) bond motifs is 1. The predicted octanol–water partition coefficient (Wildman–Crippen LogP) is 2.68. The van der Waals surface area contributed by atoms with E-state index in [9.17, 15) is 16.8 Å². The molecular weight excluding hydrogens is 412 g/mol. The summed E-state index contributed by atoms with van der Waals surface area (Å²) in [6.07, 6.45) is 4.07. The molecule has 0 aliphatic heterocycles. The summed E-state index contributed by atoms with van der Waals surface area (Å²) < 4.78 is 60.2. The summed E-state index contributed by atoms with van der Waals surface area (Å²) in [4.78, 5) is 0.266. The number of aryl methyl sites for hydroxylation is 2. The minimum atomic E-state index is -3.75. The van der Waals surface area contributed by atoms with Crippen LogP contribution in [0.25, 0.3) is 0 Å². The normalized spacial score (nSPS) is 15.5. The molecule has 0 saturated heterocycles. The van der Waals surface area contributed by atoms with Crippen LogP contribution in [0.1, 0.15) is 30.9 Å². The highest BCUT2D eigenvalue weighted by atomic mass is 32.2. The summed E-state index contributed by atoms with van der Waals surface area (Å²) in [6.45, 7) is 1.94. The molecule has 0 fully saturated rings. The van der Waals surface area contributed by atoms with Gasteiger partial charge >= 0.3 is 0 Å². The molecule has 158 valence electrons. The van der Waals surface area contributed by atoms with E-state index in [1.807, 2.05) is 6.07 Å². The SMILES string of the molecule is COCC(C)NS(=O)(=O)c1ccc(NS(=O)(=O)c2ccc3c(c2)CCCC3)cc1. The average Bonchev–Trinajstić information content (AvgIpc) is 2.67. The van der Waals surface area contributed by atoms with Gasteiger partial charge in [-0.3, -0.25) is 4.72 Å². The first-order valence-electron chi connectivity index (χ1n) is 9.47. The van der Waals surface area contributed by atoms with E-state index in [0.717, 1.165) is 31.2 Å². The third-order valence-electron chi connectivity index (χ3n) is 4.82. The lowest BCUT2D eigenvalue weighted by atomic mass is 9.92. The maximum Gasteiger partial charge on any atom is 0.261 e. The van der Waals surface area contributed by atoms with Gasteiger partial charge in [-0.25, -0.2) is 21.6 Å². The summed E-state index contributed by atoms with van der Waals surface area (Å²) in [7, 11) is -5.97. The maximum absolute atomic E-state index is 12.7. The van der Waals surface area contributed by atoms with Crippen molar-refractivity contribution in [1.29, 1.82) is 0 Å². The average molecular weight is 439 g/mol. The Bertz CT molecular complexity index is 1060. The van der Waals surface area contributed by atoms with Crippen LogP contribution >= 0.6 is 0 Å². The number of nitrogens with one attached hydrogen (secondary N) is 2. The number of rotatable bonds is 8. The molecule has 1 atom stereocenters. The van der Waals surface area contributed by atoms with Crippen molar-refractivity contribution >= 4 is 25.7 Å². The minimum Gasteiger partial charge on any atom is -0.383 e. The third kappa shape index (κ3) is 5.36. The molecule has 3 rings (SSSR count). The Morgan fingerprint density at radius 1 is 0.897 bits per heavy atom. The highest BCUT2D eigenvalue weighted by Crippen LogP contribution is 2.25. The molecular formula is C20H26N2O5S2. The molecule has 0 aromatic heterocycles. The van der Waals surface area contributed by atoms with E-state index in [2.05, 4.69) is 9.44 Å². The number of hydrogen-bond acceptors (Lipinski definition) is 5. The Hall–Kier alpha value is -1.94. The minimum absolute atomic E-state index is 0.0529. The van der Waals surface area contributed by atoms with Crippen LogP contribution in [-0.4, -0.2) is 36.6 Å². The van der Waals surface area contributed by atoms with Gasteiger partial charge < -0.3 is 4.74 Å². The number of sulfonamides is 2. The molecule has 9 heteroatoms. The highest BCUT2D eigenvalue weighted by molar-refractivity contribution is 7.92. The van der Waals surface area contributed by atoms with Gasteiger partial charge in [0.2, 0.25) is 10.0 Å². The van der Waals surface area contributed by atoms with Gasteiger partial charge in [-0.2, -0.15) is 0 Å². The monoisotopic (exact) mass is 438 g/mol. The van der Waals surface area contributed by atoms with Gasteiger partial charge in [0, 0.05) is 18.8 Å². The second-order valence-electron chi connectivity index (χ2n) is 7.25. The van der Waals surface area contributed by atoms with Crippen molar-refractivity contribution in [2.75, 3.05) is 18.4 Å². The molecule has 1 aliphatic carbocycles. The molecule has 0 spiro atoms. The fourth-order valence-electron chi connectivity index (χ4n) is 3.41. The van der Waals surface area contributed by atoms with Gasteiger partial charge in [-0.1, -0.05) is 6.07 Å². The molecule has 0 saturated carbocycles. The number of anilines is 1. The molecule has 7 nitrogen and oxygen atoms in total. The van der Waals surface area contributed by atoms with Crippen molar-refractivity contribution in [3.63, 3.8) is 0 Å². The van der Waals surface area contributed by atoms with E-state index in [0.29, 0.717) is 5.69 Å². The van der Waals surface area contributed by atoms with Crippen molar-refractivity contribution in [2.24, 2.45) is 0 Å². The predicted molar refractivity (Wildman–Crippen MR) is 112 cm³/mol. The number of benzene rings is 2. The topological polar surface area (TPSA) is 102 Å². The lowest BCUT2D eigenvalue weighted by Crippen LogP contribution is -2.35. The fraction of sp³-hybridized carbons (Fsp3) is 0.400. The maximum atomic E-state index is 12.7. The number of methoxy groups -OCH3 is 1. The van der Waals surface area contributed by atoms with Crippen molar-refractivity contribution in [3.8, 4) is 0 Å². The summed E-state index contributed by atoms with van der Waals surface area (Å²) in [5.41, 5.74) is 2.59. The first kappa shape index (κ1) is 21.8. The molecule has 1 aliphatic rings. The lowest BCUT2D eigenvalue weighted by molar-refractivity contribution is 0.180. The molecule has 0 heterocycles. The second kappa shape index (κ2) is 8.83. The molecule has 2 aromatic carbocycles. The van der Waals surface area contributed by atoms with E-state index >= 15 is 0 Å². The first-order valence-corrected chi connectivity index (χ1v) is 12.4. The third-order valence-corrected chi connectivity index (χ3v) is 7.80. The quantitative estimate of drug-likeness (QED) is 0.660. The van der Waals surface area contributed by atoms with Crippen molar-refractivity contribution in [3.05, 3.63) is 53.6 Å². The standard InChI is InChI=1S/C20H26N2O5S2/c1-15(14-27-2)21-28(23,24)19-11-8-18(9-12-19)22-29(25,26)20-10-7-16-5-3-4-6-17(16)13-20/h7-13,15,21-22H,3-6,14H2,1-2H3. The van der Waals surface area contributed by atoms with E-state index < -0.39 is 20.0 Å². The van der Waals surface area contributed by atoms with Crippen LogP contribution in [0.5, 0.6) is 0 Å². The molecule has 29 heavy (non-hydrogen) atoms. The zero-order valence-electron chi connectivity index (χ0n) is 16.5. The first-order chi connectivity index (χ1) is 13.7. The molecule has 2 aromatic rings. The van der Waals surface area contributed by atoms with Gasteiger partial charge in [0.25, 0.3) is 10.0 Å². The van der Waals surface area contributed by atoms with Crippen LogP contribution in [-0.2, 0) is 37.6 Å². The van der Waals surface area contributed by atoms with Crippen molar-refractivity contribution in [1.82, 2.24) is 4.72 Å². The largest absolute Gasteiger partial charge is 0.383 e. The Balaban J connectivity index is 1.75. The molecule has 0 radical (unpaired) electrons. The summed E-state index contributed by atoms with van der Waals surface area (Å²) in [6, 6.07) is 10.5.